The minimum Gasteiger partial charge on any atom is -0.459 e. The molecule has 0 heterocycles. The predicted octanol–water partition coefficient (Wildman–Crippen LogP) is 4.86. The van der Waals surface area contributed by atoms with E-state index in [4.69, 9.17) is 25.8 Å². The van der Waals surface area contributed by atoms with E-state index in [0.29, 0.717) is 17.0 Å². The second-order valence-electron chi connectivity index (χ2n) is 6.99. The third kappa shape index (κ3) is 8.20. The summed E-state index contributed by atoms with van der Waals surface area (Å²) in [6.07, 6.45) is -1.19. The zero-order chi connectivity index (χ0) is 18.3. The van der Waals surface area contributed by atoms with Crippen LogP contribution in [0, 0.1) is 5.41 Å². The minimum atomic E-state index is -0.717. The fourth-order valence-electron chi connectivity index (χ4n) is 1.90. The van der Waals surface area contributed by atoms with Gasteiger partial charge in [0.05, 0.1) is 12.2 Å². The van der Waals surface area contributed by atoms with Crippen molar-refractivity contribution in [3.63, 3.8) is 0 Å². The fourth-order valence-corrected chi connectivity index (χ4v) is 2.09. The van der Waals surface area contributed by atoms with E-state index in [2.05, 4.69) is 0 Å². The molecule has 0 bridgehead atoms. The molecule has 0 aliphatic carbocycles. The van der Waals surface area contributed by atoms with Crippen LogP contribution in [0.4, 0.5) is 4.79 Å². The molecule has 0 fully saturated rings. The van der Waals surface area contributed by atoms with E-state index in [1.165, 1.54) is 0 Å². The Kier molecular flexibility index (Phi) is 7.55. The van der Waals surface area contributed by atoms with Crippen molar-refractivity contribution < 1.29 is 23.8 Å². The summed E-state index contributed by atoms with van der Waals surface area (Å²) >= 11 is 5.85. The molecule has 5 nitrogen and oxygen atoms in total. The van der Waals surface area contributed by atoms with Crippen LogP contribution in [0.1, 0.15) is 51.4 Å². The van der Waals surface area contributed by atoms with Gasteiger partial charge in [-0.3, -0.25) is 0 Å². The summed E-state index contributed by atoms with van der Waals surface area (Å²) in [4.78, 5) is 23.6. The van der Waals surface area contributed by atoms with Crippen LogP contribution >= 0.6 is 11.6 Å². The van der Waals surface area contributed by atoms with Gasteiger partial charge in [-0.1, -0.05) is 38.4 Å². The van der Waals surface area contributed by atoms with Crippen molar-refractivity contribution in [1.82, 2.24) is 0 Å². The van der Waals surface area contributed by atoms with Crippen LogP contribution < -0.4 is 0 Å². The molecule has 0 radical (unpaired) electrons. The van der Waals surface area contributed by atoms with Crippen molar-refractivity contribution in [1.29, 1.82) is 0 Å². The summed E-state index contributed by atoms with van der Waals surface area (Å²) in [6.45, 7) is 9.62. The number of rotatable bonds is 6. The third-order valence-electron chi connectivity index (χ3n) is 2.95. The van der Waals surface area contributed by atoms with Crippen molar-refractivity contribution >= 4 is 23.7 Å². The highest BCUT2D eigenvalue weighted by atomic mass is 35.5. The molecule has 1 aromatic carbocycles. The molecule has 0 N–H and O–H groups in total. The number of hydrogen-bond acceptors (Lipinski definition) is 5. The van der Waals surface area contributed by atoms with E-state index in [-0.39, 0.29) is 12.0 Å². The first-order valence-electron chi connectivity index (χ1n) is 7.87. The van der Waals surface area contributed by atoms with Crippen LogP contribution in [0.5, 0.6) is 0 Å². The molecule has 0 aliphatic heterocycles. The molecule has 2 unspecified atom stereocenters. The molecule has 0 aliphatic rings. The third-order valence-corrected chi connectivity index (χ3v) is 3.19. The maximum Gasteiger partial charge on any atom is 0.508 e. The average molecular weight is 357 g/mol. The van der Waals surface area contributed by atoms with E-state index in [1.807, 2.05) is 20.8 Å². The molecule has 0 spiro atoms. The average Bonchev–Trinajstić information content (AvgIpc) is 2.44. The Labute approximate surface area is 148 Å². The standard InChI is InChI=1S/C18H25ClO5/c1-12(23-16(20)14-7-6-8-15(19)10-14)9-13(2)24-17(21)22-11-18(3,4)5/h6-8,10,12-13H,9,11H2,1-5H3. The lowest BCUT2D eigenvalue weighted by Crippen LogP contribution is -2.25. The van der Waals surface area contributed by atoms with Gasteiger partial charge < -0.3 is 14.2 Å². The molecule has 1 rings (SSSR count). The topological polar surface area (TPSA) is 61.8 Å². The predicted molar refractivity (Wildman–Crippen MR) is 92.3 cm³/mol. The van der Waals surface area contributed by atoms with Crippen LogP contribution in [0.3, 0.4) is 0 Å². The highest BCUT2D eigenvalue weighted by Crippen LogP contribution is 2.16. The lowest BCUT2D eigenvalue weighted by molar-refractivity contribution is -0.00824. The van der Waals surface area contributed by atoms with E-state index >= 15 is 0 Å². The van der Waals surface area contributed by atoms with Crippen LogP contribution in [0.15, 0.2) is 24.3 Å². The number of hydrogen-bond donors (Lipinski definition) is 0. The second kappa shape index (κ2) is 8.92. The number of ether oxygens (including phenoxy) is 3. The number of benzene rings is 1. The zero-order valence-corrected chi connectivity index (χ0v) is 15.6. The van der Waals surface area contributed by atoms with Crippen LogP contribution in [-0.2, 0) is 14.2 Å². The Morgan fingerprint density at radius 2 is 1.75 bits per heavy atom. The summed E-state index contributed by atoms with van der Waals surface area (Å²) in [5.74, 6) is -0.465. The highest BCUT2D eigenvalue weighted by Gasteiger charge is 2.20. The first kappa shape index (κ1) is 20.3. The lowest BCUT2D eigenvalue weighted by Gasteiger charge is -2.21. The molecular formula is C18H25ClO5. The number of carbonyl (C=O) groups excluding carboxylic acids is 2. The van der Waals surface area contributed by atoms with Crippen LogP contribution in [0.25, 0.3) is 0 Å². The van der Waals surface area contributed by atoms with Gasteiger partial charge in [0.1, 0.15) is 12.2 Å². The molecule has 0 saturated heterocycles. The second-order valence-corrected chi connectivity index (χ2v) is 7.43. The highest BCUT2D eigenvalue weighted by molar-refractivity contribution is 6.30. The molecule has 1 aromatic rings. The van der Waals surface area contributed by atoms with Gasteiger partial charge in [0.2, 0.25) is 0 Å². The largest absolute Gasteiger partial charge is 0.508 e. The Morgan fingerprint density at radius 1 is 1.12 bits per heavy atom. The summed E-state index contributed by atoms with van der Waals surface area (Å²) in [5.41, 5.74) is 0.259. The quantitative estimate of drug-likeness (QED) is 0.681. The first-order chi connectivity index (χ1) is 11.1. The minimum absolute atomic E-state index is 0.123. The van der Waals surface area contributed by atoms with Gasteiger partial charge in [-0.25, -0.2) is 9.59 Å². The number of carbonyl (C=O) groups is 2. The Bertz CT molecular complexity index is 565. The monoisotopic (exact) mass is 356 g/mol. The Hall–Kier alpha value is -1.75. The van der Waals surface area contributed by atoms with Gasteiger partial charge in [-0.15, -0.1) is 0 Å². The van der Waals surface area contributed by atoms with E-state index in [0.717, 1.165) is 0 Å². The molecular weight excluding hydrogens is 332 g/mol. The summed E-state index contributed by atoms with van der Waals surface area (Å²) in [6, 6.07) is 6.53. The number of esters is 1. The molecule has 24 heavy (non-hydrogen) atoms. The zero-order valence-electron chi connectivity index (χ0n) is 14.8. The molecule has 6 heteroatoms. The van der Waals surface area contributed by atoms with Crippen LogP contribution in [-0.4, -0.2) is 30.9 Å². The van der Waals surface area contributed by atoms with Gasteiger partial charge in [0.25, 0.3) is 0 Å². The van der Waals surface area contributed by atoms with Crippen LogP contribution in [0.2, 0.25) is 5.02 Å². The molecule has 134 valence electrons. The maximum atomic E-state index is 12.0. The van der Waals surface area contributed by atoms with Crippen molar-refractivity contribution in [2.75, 3.05) is 6.61 Å². The molecule has 0 saturated carbocycles. The number of halogens is 1. The fraction of sp³-hybridized carbons (Fsp3) is 0.556. The van der Waals surface area contributed by atoms with Crippen molar-refractivity contribution in [3.05, 3.63) is 34.9 Å². The maximum absolute atomic E-state index is 12.0. The summed E-state index contributed by atoms with van der Waals surface area (Å²) in [5, 5.41) is 0.468. The van der Waals surface area contributed by atoms with Crippen molar-refractivity contribution in [2.24, 2.45) is 5.41 Å². The normalized spacial score (nSPS) is 13.8. The van der Waals surface area contributed by atoms with Gasteiger partial charge in [-0.05, 0) is 37.5 Å². The summed E-state index contributed by atoms with van der Waals surface area (Å²) < 4.78 is 15.5. The molecule has 2 atom stereocenters. The lowest BCUT2D eigenvalue weighted by atomic mass is 9.99. The van der Waals surface area contributed by atoms with Gasteiger partial charge in [0.15, 0.2) is 0 Å². The first-order valence-corrected chi connectivity index (χ1v) is 8.24. The van der Waals surface area contributed by atoms with Gasteiger partial charge in [-0.2, -0.15) is 0 Å². The smallest absolute Gasteiger partial charge is 0.459 e. The van der Waals surface area contributed by atoms with E-state index in [1.54, 1.807) is 38.1 Å². The van der Waals surface area contributed by atoms with Gasteiger partial charge in [0, 0.05) is 11.4 Å². The molecule has 0 aromatic heterocycles. The Morgan fingerprint density at radius 3 is 2.33 bits per heavy atom. The summed E-state index contributed by atoms with van der Waals surface area (Å²) in [7, 11) is 0. The molecule has 0 amide bonds. The van der Waals surface area contributed by atoms with E-state index < -0.39 is 24.3 Å². The van der Waals surface area contributed by atoms with Gasteiger partial charge >= 0.3 is 12.1 Å². The van der Waals surface area contributed by atoms with E-state index in [9.17, 15) is 9.59 Å². The SMILES string of the molecule is CC(CC(C)OC(=O)c1cccc(Cl)c1)OC(=O)OCC(C)(C)C. The van der Waals surface area contributed by atoms with Crippen molar-refractivity contribution in [2.45, 2.75) is 53.2 Å². The van der Waals surface area contributed by atoms with Crippen molar-refractivity contribution in [3.8, 4) is 0 Å². The Balaban J connectivity index is 2.39.